The van der Waals surface area contributed by atoms with E-state index < -0.39 is 0 Å². The van der Waals surface area contributed by atoms with Crippen LogP contribution in [0.2, 0.25) is 5.02 Å². The van der Waals surface area contributed by atoms with Crippen molar-refractivity contribution in [3.63, 3.8) is 0 Å². The van der Waals surface area contributed by atoms with Gasteiger partial charge in [0, 0.05) is 43.4 Å². The molecule has 1 aliphatic rings. The van der Waals surface area contributed by atoms with E-state index in [-0.39, 0.29) is 0 Å². The van der Waals surface area contributed by atoms with E-state index in [2.05, 4.69) is 41.5 Å². The van der Waals surface area contributed by atoms with Crippen LogP contribution in [0.15, 0.2) is 24.3 Å². The topological polar surface area (TPSA) is 6.48 Å². The molecule has 1 aromatic carbocycles. The molecular formula is C14H21ClN2S. The largest absolute Gasteiger partial charge is 0.369 e. The van der Waals surface area contributed by atoms with Gasteiger partial charge in [0.05, 0.1) is 0 Å². The highest BCUT2D eigenvalue weighted by atomic mass is 35.5. The lowest BCUT2D eigenvalue weighted by molar-refractivity contribution is 0.233. The van der Waals surface area contributed by atoms with Gasteiger partial charge in [0.1, 0.15) is 0 Å². The minimum atomic E-state index is 0.676. The quantitative estimate of drug-likeness (QED) is 0.849. The highest BCUT2D eigenvalue weighted by Crippen LogP contribution is 2.19. The summed E-state index contributed by atoms with van der Waals surface area (Å²) in [4.78, 5) is 4.96. The zero-order chi connectivity index (χ0) is 13.0. The molecule has 1 fully saturated rings. The first-order chi connectivity index (χ1) is 8.69. The van der Waals surface area contributed by atoms with E-state index in [9.17, 15) is 0 Å². The number of benzene rings is 1. The van der Waals surface area contributed by atoms with E-state index >= 15 is 0 Å². The van der Waals surface area contributed by atoms with E-state index in [0.717, 1.165) is 43.5 Å². The van der Waals surface area contributed by atoms with Crippen LogP contribution in [0.1, 0.15) is 6.92 Å². The Bertz CT molecular complexity index is 361. The molecule has 0 spiro atoms. The summed E-state index contributed by atoms with van der Waals surface area (Å²) in [6.45, 7) is 7.90. The molecule has 2 rings (SSSR count). The molecule has 1 aliphatic heterocycles. The Morgan fingerprint density at radius 3 is 2.33 bits per heavy atom. The molecule has 0 saturated carbocycles. The number of piperazine rings is 1. The van der Waals surface area contributed by atoms with Gasteiger partial charge in [-0.25, -0.2) is 0 Å². The lowest BCUT2D eigenvalue weighted by Gasteiger charge is -2.37. The van der Waals surface area contributed by atoms with E-state index in [1.165, 1.54) is 5.69 Å². The van der Waals surface area contributed by atoms with Crippen LogP contribution in [0.3, 0.4) is 0 Å². The number of halogens is 1. The molecule has 1 saturated heterocycles. The van der Waals surface area contributed by atoms with Crippen molar-refractivity contribution < 1.29 is 0 Å². The van der Waals surface area contributed by atoms with Crippen LogP contribution >= 0.6 is 24.2 Å². The van der Waals surface area contributed by atoms with Gasteiger partial charge in [0.25, 0.3) is 0 Å². The summed E-state index contributed by atoms with van der Waals surface area (Å²) in [6.07, 6.45) is 0. The Kier molecular flexibility index (Phi) is 5.22. The van der Waals surface area contributed by atoms with Crippen molar-refractivity contribution in [2.75, 3.05) is 43.4 Å². The molecule has 1 aromatic rings. The van der Waals surface area contributed by atoms with Gasteiger partial charge >= 0.3 is 0 Å². The Hall–Kier alpha value is -0.380. The smallest absolute Gasteiger partial charge is 0.0407 e. The normalized spacial score (nSPS) is 18.9. The Morgan fingerprint density at radius 1 is 1.17 bits per heavy atom. The van der Waals surface area contributed by atoms with Crippen molar-refractivity contribution in [3.8, 4) is 0 Å². The molecule has 18 heavy (non-hydrogen) atoms. The monoisotopic (exact) mass is 284 g/mol. The van der Waals surface area contributed by atoms with Crippen LogP contribution in [0.25, 0.3) is 0 Å². The van der Waals surface area contributed by atoms with Gasteiger partial charge in [-0.05, 0) is 35.9 Å². The van der Waals surface area contributed by atoms with Gasteiger partial charge in [-0.15, -0.1) is 0 Å². The summed E-state index contributed by atoms with van der Waals surface area (Å²) in [6, 6.07) is 8.14. The van der Waals surface area contributed by atoms with Crippen LogP contribution in [0.4, 0.5) is 5.69 Å². The molecular weight excluding hydrogens is 264 g/mol. The van der Waals surface area contributed by atoms with Gasteiger partial charge in [0.15, 0.2) is 0 Å². The average molecular weight is 285 g/mol. The standard InChI is InChI=1S/C14H21ClN2S/c1-12(11-18)10-16-6-8-17(9-7-16)14-4-2-13(15)3-5-14/h2-5,12,18H,6-11H2,1H3. The molecule has 1 atom stereocenters. The minimum Gasteiger partial charge on any atom is -0.369 e. The Balaban J connectivity index is 1.84. The van der Waals surface area contributed by atoms with E-state index in [4.69, 9.17) is 11.6 Å². The maximum absolute atomic E-state index is 5.91. The fraction of sp³-hybridized carbons (Fsp3) is 0.571. The van der Waals surface area contributed by atoms with Crippen LogP contribution in [-0.4, -0.2) is 43.4 Å². The second-order valence-electron chi connectivity index (χ2n) is 5.05. The Morgan fingerprint density at radius 2 is 1.78 bits per heavy atom. The lowest BCUT2D eigenvalue weighted by atomic mass is 10.2. The van der Waals surface area contributed by atoms with Crippen molar-refractivity contribution in [3.05, 3.63) is 29.3 Å². The summed E-state index contributed by atoms with van der Waals surface area (Å²) in [5.74, 6) is 1.65. The van der Waals surface area contributed by atoms with Crippen molar-refractivity contribution in [2.45, 2.75) is 6.92 Å². The number of hydrogen-bond donors (Lipinski definition) is 1. The molecule has 0 N–H and O–H groups in total. The van der Waals surface area contributed by atoms with E-state index in [1.807, 2.05) is 12.1 Å². The van der Waals surface area contributed by atoms with Gasteiger partial charge < -0.3 is 4.90 Å². The fourth-order valence-electron chi connectivity index (χ4n) is 2.34. The summed E-state index contributed by atoms with van der Waals surface area (Å²) in [5, 5.41) is 0.806. The second kappa shape index (κ2) is 6.69. The maximum atomic E-state index is 5.91. The van der Waals surface area contributed by atoms with Crippen LogP contribution in [-0.2, 0) is 0 Å². The van der Waals surface area contributed by atoms with Crippen molar-refractivity contribution >= 4 is 29.9 Å². The van der Waals surface area contributed by atoms with E-state index in [1.54, 1.807) is 0 Å². The van der Waals surface area contributed by atoms with Crippen LogP contribution in [0.5, 0.6) is 0 Å². The molecule has 0 bridgehead atoms. The van der Waals surface area contributed by atoms with Gasteiger partial charge in [-0.1, -0.05) is 18.5 Å². The third kappa shape index (κ3) is 3.81. The zero-order valence-corrected chi connectivity index (χ0v) is 12.5. The highest BCUT2D eigenvalue weighted by molar-refractivity contribution is 7.80. The van der Waals surface area contributed by atoms with Crippen LogP contribution in [0, 0.1) is 5.92 Å². The number of hydrogen-bond acceptors (Lipinski definition) is 3. The molecule has 1 unspecified atom stereocenters. The van der Waals surface area contributed by atoms with E-state index in [0.29, 0.717) is 5.92 Å². The molecule has 1 heterocycles. The molecule has 0 radical (unpaired) electrons. The zero-order valence-electron chi connectivity index (χ0n) is 10.8. The molecule has 4 heteroatoms. The number of nitrogens with zero attached hydrogens (tertiary/aromatic N) is 2. The Labute approximate surface area is 120 Å². The fourth-order valence-corrected chi connectivity index (χ4v) is 2.58. The summed E-state index contributed by atoms with van der Waals surface area (Å²) >= 11 is 10.3. The minimum absolute atomic E-state index is 0.676. The van der Waals surface area contributed by atoms with Gasteiger partial charge in [-0.2, -0.15) is 12.6 Å². The first-order valence-electron chi connectivity index (χ1n) is 6.53. The number of anilines is 1. The summed E-state index contributed by atoms with van der Waals surface area (Å²) in [7, 11) is 0. The van der Waals surface area contributed by atoms with Gasteiger partial charge in [-0.3, -0.25) is 4.90 Å². The first-order valence-corrected chi connectivity index (χ1v) is 7.54. The molecule has 100 valence electrons. The predicted octanol–water partition coefficient (Wildman–Crippen LogP) is 3.03. The SMILES string of the molecule is CC(CS)CN1CCN(c2ccc(Cl)cc2)CC1. The summed E-state index contributed by atoms with van der Waals surface area (Å²) in [5.41, 5.74) is 1.28. The third-order valence-corrected chi connectivity index (χ3v) is 4.32. The van der Waals surface area contributed by atoms with Crippen LogP contribution < -0.4 is 4.90 Å². The third-order valence-electron chi connectivity index (χ3n) is 3.45. The molecule has 0 amide bonds. The number of thiol groups is 1. The molecule has 0 aromatic heterocycles. The van der Waals surface area contributed by atoms with Gasteiger partial charge in [0.2, 0.25) is 0 Å². The summed E-state index contributed by atoms with van der Waals surface area (Å²) < 4.78 is 0. The number of rotatable bonds is 4. The predicted molar refractivity (Wildman–Crippen MR) is 83.1 cm³/mol. The highest BCUT2D eigenvalue weighted by Gasteiger charge is 2.18. The lowest BCUT2D eigenvalue weighted by Crippen LogP contribution is -2.47. The maximum Gasteiger partial charge on any atom is 0.0407 e. The van der Waals surface area contributed by atoms with Crippen molar-refractivity contribution in [1.29, 1.82) is 0 Å². The van der Waals surface area contributed by atoms with Crippen molar-refractivity contribution in [2.24, 2.45) is 5.92 Å². The second-order valence-corrected chi connectivity index (χ2v) is 5.85. The average Bonchev–Trinajstić information content (AvgIpc) is 2.40. The first kappa shape index (κ1) is 14.0. The molecule has 2 nitrogen and oxygen atoms in total. The molecule has 0 aliphatic carbocycles. The van der Waals surface area contributed by atoms with Crippen molar-refractivity contribution in [1.82, 2.24) is 4.90 Å².